The second-order valence-corrected chi connectivity index (χ2v) is 5.46. The Hall–Kier alpha value is -1.59. The summed E-state index contributed by atoms with van der Waals surface area (Å²) >= 11 is 7.10. The third-order valence-electron chi connectivity index (χ3n) is 2.75. The fraction of sp³-hybridized carbons (Fsp3) is 0.167. The van der Waals surface area contributed by atoms with Gasteiger partial charge in [-0.05, 0) is 25.1 Å². The van der Waals surface area contributed by atoms with Crippen molar-refractivity contribution in [2.45, 2.75) is 13.0 Å². The Kier molecular flexibility index (Phi) is 2.53. The van der Waals surface area contributed by atoms with Gasteiger partial charge in [-0.2, -0.15) is 0 Å². The summed E-state index contributed by atoms with van der Waals surface area (Å²) in [7, 11) is 0. The van der Waals surface area contributed by atoms with Crippen LogP contribution in [0.2, 0.25) is 5.02 Å². The van der Waals surface area contributed by atoms with Crippen LogP contribution in [0.3, 0.4) is 0 Å². The molecule has 0 fully saturated rings. The molecule has 0 amide bonds. The van der Waals surface area contributed by atoms with Gasteiger partial charge in [0.2, 0.25) is 5.78 Å². The smallest absolute Gasteiger partial charge is 0.208 e. The van der Waals surface area contributed by atoms with E-state index in [4.69, 9.17) is 22.1 Å². The number of hydrogen-bond acceptors (Lipinski definition) is 5. The molecular weight excluding hydrogens is 272 g/mol. The Morgan fingerprint density at radius 3 is 3.06 bits per heavy atom. The molecule has 2 heterocycles. The molecule has 1 aliphatic heterocycles. The van der Waals surface area contributed by atoms with E-state index in [9.17, 15) is 4.79 Å². The molecule has 2 N–H and O–H groups in total. The molecule has 1 atom stereocenters. The Morgan fingerprint density at radius 1 is 1.50 bits per heavy atom. The number of nitrogens with two attached hydrogens (primary N) is 1. The van der Waals surface area contributed by atoms with Crippen molar-refractivity contribution in [3.63, 3.8) is 0 Å². The maximum Gasteiger partial charge on any atom is 0.208 e. The van der Waals surface area contributed by atoms with E-state index in [0.29, 0.717) is 32.0 Å². The van der Waals surface area contributed by atoms with Crippen LogP contribution in [0.1, 0.15) is 34.0 Å². The Labute approximate surface area is 112 Å². The highest BCUT2D eigenvalue weighted by atomic mass is 35.5. The highest BCUT2D eigenvalue weighted by molar-refractivity contribution is 7.17. The molecule has 1 unspecified atom stereocenters. The molecule has 4 nitrogen and oxygen atoms in total. The zero-order valence-corrected chi connectivity index (χ0v) is 11.0. The van der Waals surface area contributed by atoms with Gasteiger partial charge in [0.05, 0.1) is 5.56 Å². The zero-order valence-electron chi connectivity index (χ0n) is 9.44. The average Bonchev–Trinajstić information content (AvgIpc) is 2.69. The van der Waals surface area contributed by atoms with Crippen molar-refractivity contribution in [2.75, 3.05) is 5.73 Å². The molecule has 2 aromatic rings. The molecule has 92 valence electrons. The number of anilines is 1. The molecule has 1 aromatic carbocycles. The number of thiazole rings is 1. The first-order chi connectivity index (χ1) is 8.56. The largest absolute Gasteiger partial charge is 0.484 e. The number of carbonyl (C=O) groups excluding carboxylic acids is 1. The minimum atomic E-state index is -0.306. The van der Waals surface area contributed by atoms with Gasteiger partial charge in [-0.15, -0.1) is 0 Å². The average molecular weight is 281 g/mol. The zero-order chi connectivity index (χ0) is 12.9. The van der Waals surface area contributed by atoms with Crippen LogP contribution in [0.15, 0.2) is 18.2 Å². The molecule has 0 aliphatic carbocycles. The van der Waals surface area contributed by atoms with Gasteiger partial charge in [0.15, 0.2) is 5.13 Å². The van der Waals surface area contributed by atoms with Gasteiger partial charge in [-0.3, -0.25) is 4.79 Å². The monoisotopic (exact) mass is 280 g/mol. The fourth-order valence-electron chi connectivity index (χ4n) is 1.94. The predicted molar refractivity (Wildman–Crippen MR) is 70.5 cm³/mol. The highest BCUT2D eigenvalue weighted by Gasteiger charge is 2.30. The SMILES string of the molecule is CC1Oc2ccc(Cl)cc2C(=O)c2sc(N)nc21. The summed E-state index contributed by atoms with van der Waals surface area (Å²) < 4.78 is 5.73. The number of nitrogens with zero attached hydrogens (tertiary/aromatic N) is 1. The molecule has 1 aliphatic rings. The number of aromatic nitrogens is 1. The Morgan fingerprint density at radius 2 is 2.28 bits per heavy atom. The number of ether oxygens (including phenoxy) is 1. The number of nitrogen functional groups attached to an aromatic ring is 1. The normalized spacial score (nSPS) is 17.7. The minimum Gasteiger partial charge on any atom is -0.484 e. The molecule has 0 saturated carbocycles. The van der Waals surface area contributed by atoms with Crippen molar-refractivity contribution >= 4 is 33.9 Å². The summed E-state index contributed by atoms with van der Waals surface area (Å²) in [6.45, 7) is 1.84. The van der Waals surface area contributed by atoms with Crippen LogP contribution in [0.4, 0.5) is 5.13 Å². The van der Waals surface area contributed by atoms with Crippen LogP contribution in [0.25, 0.3) is 0 Å². The first-order valence-corrected chi connectivity index (χ1v) is 6.53. The summed E-state index contributed by atoms with van der Waals surface area (Å²) in [6, 6.07) is 5.00. The number of fused-ring (bicyclic) bond motifs is 2. The van der Waals surface area contributed by atoms with Gasteiger partial charge in [-0.25, -0.2) is 4.98 Å². The van der Waals surface area contributed by atoms with Gasteiger partial charge < -0.3 is 10.5 Å². The molecule has 0 spiro atoms. The summed E-state index contributed by atoms with van der Waals surface area (Å²) in [5.41, 5.74) is 6.70. The summed E-state index contributed by atoms with van der Waals surface area (Å²) in [5, 5.41) is 0.869. The first kappa shape index (κ1) is 11.5. The van der Waals surface area contributed by atoms with Crippen molar-refractivity contribution in [1.29, 1.82) is 0 Å². The standard InChI is InChI=1S/C12H9ClN2O2S/c1-5-9-11(18-12(14)15-9)10(16)7-4-6(13)2-3-8(7)17-5/h2-5H,1H3,(H2,14,15). The van der Waals surface area contributed by atoms with Crippen LogP contribution in [-0.2, 0) is 0 Å². The first-order valence-electron chi connectivity index (χ1n) is 5.33. The van der Waals surface area contributed by atoms with E-state index in [2.05, 4.69) is 4.98 Å². The minimum absolute atomic E-state index is 0.138. The number of hydrogen-bond donors (Lipinski definition) is 1. The molecule has 18 heavy (non-hydrogen) atoms. The maximum absolute atomic E-state index is 12.4. The molecule has 3 rings (SSSR count). The lowest BCUT2D eigenvalue weighted by atomic mass is 10.1. The number of ketones is 1. The number of benzene rings is 1. The van der Waals surface area contributed by atoms with Crippen molar-refractivity contribution in [1.82, 2.24) is 4.98 Å². The second kappa shape index (κ2) is 3.96. The van der Waals surface area contributed by atoms with E-state index in [1.54, 1.807) is 18.2 Å². The van der Waals surface area contributed by atoms with E-state index in [1.807, 2.05) is 6.92 Å². The van der Waals surface area contributed by atoms with Gasteiger partial charge in [0, 0.05) is 5.02 Å². The predicted octanol–water partition coefficient (Wildman–Crippen LogP) is 3.06. The third-order valence-corrected chi connectivity index (χ3v) is 3.89. The lowest BCUT2D eigenvalue weighted by Crippen LogP contribution is -2.04. The van der Waals surface area contributed by atoms with Crippen molar-refractivity contribution < 1.29 is 9.53 Å². The lowest BCUT2D eigenvalue weighted by molar-refractivity contribution is 0.104. The quantitative estimate of drug-likeness (QED) is 0.805. The van der Waals surface area contributed by atoms with Gasteiger partial charge >= 0.3 is 0 Å². The van der Waals surface area contributed by atoms with E-state index >= 15 is 0 Å². The van der Waals surface area contributed by atoms with Gasteiger partial charge in [-0.1, -0.05) is 22.9 Å². The summed E-state index contributed by atoms with van der Waals surface area (Å²) in [6.07, 6.45) is -0.306. The molecule has 6 heteroatoms. The fourth-order valence-corrected chi connectivity index (χ4v) is 2.98. The molecular formula is C12H9ClN2O2S. The van der Waals surface area contributed by atoms with Crippen LogP contribution in [0.5, 0.6) is 5.75 Å². The van der Waals surface area contributed by atoms with Crippen LogP contribution in [0, 0.1) is 0 Å². The number of carbonyl (C=O) groups is 1. The molecule has 0 radical (unpaired) electrons. The van der Waals surface area contributed by atoms with E-state index in [-0.39, 0.29) is 11.9 Å². The van der Waals surface area contributed by atoms with Gasteiger partial charge in [0.1, 0.15) is 22.4 Å². The highest BCUT2D eigenvalue weighted by Crippen LogP contribution is 2.37. The number of rotatable bonds is 0. The van der Waals surface area contributed by atoms with E-state index in [1.165, 1.54) is 11.3 Å². The van der Waals surface area contributed by atoms with Crippen molar-refractivity contribution in [3.05, 3.63) is 39.4 Å². The Bertz CT molecular complexity index is 654. The maximum atomic E-state index is 12.4. The van der Waals surface area contributed by atoms with E-state index in [0.717, 1.165) is 0 Å². The summed E-state index contributed by atoms with van der Waals surface area (Å²) in [4.78, 5) is 17.1. The molecule has 0 saturated heterocycles. The van der Waals surface area contributed by atoms with E-state index < -0.39 is 0 Å². The molecule has 0 bridgehead atoms. The Balaban J connectivity index is 2.25. The number of halogens is 1. The van der Waals surface area contributed by atoms with Crippen molar-refractivity contribution in [2.24, 2.45) is 0 Å². The van der Waals surface area contributed by atoms with Gasteiger partial charge in [0.25, 0.3) is 0 Å². The topological polar surface area (TPSA) is 65.2 Å². The third kappa shape index (κ3) is 1.67. The van der Waals surface area contributed by atoms with Crippen molar-refractivity contribution in [3.8, 4) is 5.75 Å². The van der Waals surface area contributed by atoms with Crippen LogP contribution >= 0.6 is 22.9 Å². The van der Waals surface area contributed by atoms with Crippen LogP contribution in [-0.4, -0.2) is 10.8 Å². The lowest BCUT2D eigenvalue weighted by Gasteiger charge is -2.11. The summed E-state index contributed by atoms with van der Waals surface area (Å²) in [5.74, 6) is 0.390. The van der Waals surface area contributed by atoms with Crippen LogP contribution < -0.4 is 10.5 Å². The molecule has 1 aromatic heterocycles. The second-order valence-electron chi connectivity index (χ2n) is 4.00.